The van der Waals surface area contributed by atoms with E-state index in [4.69, 9.17) is 5.11 Å². The summed E-state index contributed by atoms with van der Waals surface area (Å²) < 4.78 is 40.9. The van der Waals surface area contributed by atoms with Crippen LogP contribution in [0.1, 0.15) is 12.3 Å². The number of carbonyl (C=O) groups excluding carboxylic acids is 1. The number of alkyl halides is 3. The molecule has 98 valence electrons. The van der Waals surface area contributed by atoms with Gasteiger partial charge in [-0.3, -0.25) is 14.5 Å². The van der Waals surface area contributed by atoms with E-state index in [0.29, 0.717) is 0 Å². The van der Waals surface area contributed by atoms with Gasteiger partial charge in [-0.1, -0.05) is 5.10 Å². The SMILES string of the molecule is O=C(O)C1CC(=O)N(c2nnc(C(F)(F)F)o2)C1. The first-order valence-corrected chi connectivity index (χ1v) is 4.73. The van der Waals surface area contributed by atoms with Crippen LogP contribution in [0.4, 0.5) is 19.2 Å². The summed E-state index contributed by atoms with van der Waals surface area (Å²) in [6, 6.07) is -0.643. The summed E-state index contributed by atoms with van der Waals surface area (Å²) >= 11 is 0. The topological polar surface area (TPSA) is 96.5 Å². The molecule has 1 aliphatic heterocycles. The number of carboxylic acid groups (broad SMARTS) is 1. The van der Waals surface area contributed by atoms with Gasteiger partial charge in [-0.2, -0.15) is 13.2 Å². The minimum Gasteiger partial charge on any atom is -0.481 e. The van der Waals surface area contributed by atoms with Crippen LogP contribution in [0.5, 0.6) is 0 Å². The second-order valence-electron chi connectivity index (χ2n) is 3.63. The Balaban J connectivity index is 2.20. The summed E-state index contributed by atoms with van der Waals surface area (Å²) in [7, 11) is 0. The molecule has 7 nitrogen and oxygen atoms in total. The molecule has 2 rings (SSSR count). The van der Waals surface area contributed by atoms with Crippen molar-refractivity contribution < 1.29 is 32.3 Å². The molecule has 0 aromatic carbocycles. The lowest BCUT2D eigenvalue weighted by molar-refractivity contribution is -0.157. The third-order valence-electron chi connectivity index (χ3n) is 2.36. The molecule has 0 radical (unpaired) electrons. The Morgan fingerprint density at radius 2 is 2.11 bits per heavy atom. The Bertz CT molecular complexity index is 498. The quantitative estimate of drug-likeness (QED) is 0.837. The lowest BCUT2D eigenvalue weighted by atomic mass is 10.1. The van der Waals surface area contributed by atoms with Crippen molar-refractivity contribution in [2.75, 3.05) is 11.4 Å². The number of carbonyl (C=O) groups is 2. The predicted octanol–water partition coefficient (Wildman–Crippen LogP) is 0.526. The molecule has 0 bridgehead atoms. The highest BCUT2D eigenvalue weighted by molar-refractivity contribution is 5.97. The summed E-state index contributed by atoms with van der Waals surface area (Å²) in [5, 5.41) is 14.5. The van der Waals surface area contributed by atoms with E-state index in [0.717, 1.165) is 4.90 Å². The number of halogens is 3. The normalized spacial score (nSPS) is 20.5. The maximum Gasteiger partial charge on any atom is 0.470 e. The summed E-state index contributed by atoms with van der Waals surface area (Å²) in [5.41, 5.74) is 0. The van der Waals surface area contributed by atoms with Crippen LogP contribution >= 0.6 is 0 Å². The number of hydrogen-bond donors (Lipinski definition) is 1. The van der Waals surface area contributed by atoms with Gasteiger partial charge >= 0.3 is 24.1 Å². The molecule has 1 aromatic rings. The first-order valence-electron chi connectivity index (χ1n) is 4.73. The summed E-state index contributed by atoms with van der Waals surface area (Å²) in [4.78, 5) is 22.8. The summed E-state index contributed by atoms with van der Waals surface area (Å²) in [6.45, 7) is -0.284. The molecule has 1 aliphatic rings. The Kier molecular flexibility index (Phi) is 2.71. The number of hydrogen-bond acceptors (Lipinski definition) is 5. The molecular formula is C8H6F3N3O4. The Hall–Kier alpha value is -2.13. The largest absolute Gasteiger partial charge is 0.481 e. The molecule has 1 saturated heterocycles. The van der Waals surface area contributed by atoms with Gasteiger partial charge in [0.25, 0.3) is 0 Å². The van der Waals surface area contributed by atoms with Crippen molar-refractivity contribution in [3.8, 4) is 0 Å². The molecule has 1 N–H and O–H groups in total. The lowest BCUT2D eigenvalue weighted by Crippen LogP contribution is -2.26. The van der Waals surface area contributed by atoms with Gasteiger partial charge in [0.2, 0.25) is 5.91 Å². The molecule has 0 spiro atoms. The predicted molar refractivity (Wildman–Crippen MR) is 47.4 cm³/mol. The summed E-state index contributed by atoms with van der Waals surface area (Å²) in [6.07, 6.45) is -5.11. The number of aromatic nitrogens is 2. The number of rotatable bonds is 2. The molecule has 2 heterocycles. The molecule has 10 heteroatoms. The highest BCUT2D eigenvalue weighted by Crippen LogP contribution is 2.31. The second-order valence-corrected chi connectivity index (χ2v) is 3.63. The van der Waals surface area contributed by atoms with Crippen LogP contribution in [-0.4, -0.2) is 33.7 Å². The van der Waals surface area contributed by atoms with Crippen molar-refractivity contribution in [3.63, 3.8) is 0 Å². The molecule has 18 heavy (non-hydrogen) atoms. The van der Waals surface area contributed by atoms with Gasteiger partial charge in [-0.15, -0.1) is 5.10 Å². The monoisotopic (exact) mass is 265 g/mol. The van der Waals surface area contributed by atoms with E-state index in [2.05, 4.69) is 14.6 Å². The molecule has 1 fully saturated rings. The van der Waals surface area contributed by atoms with Gasteiger partial charge in [0.1, 0.15) is 0 Å². The van der Waals surface area contributed by atoms with Crippen molar-refractivity contribution in [2.45, 2.75) is 12.6 Å². The van der Waals surface area contributed by atoms with E-state index >= 15 is 0 Å². The van der Waals surface area contributed by atoms with Crippen LogP contribution < -0.4 is 4.90 Å². The summed E-state index contributed by atoms with van der Waals surface area (Å²) in [5.74, 6) is -4.44. The van der Waals surface area contributed by atoms with Crippen molar-refractivity contribution in [3.05, 3.63) is 5.89 Å². The van der Waals surface area contributed by atoms with E-state index in [1.807, 2.05) is 0 Å². The highest BCUT2D eigenvalue weighted by Gasteiger charge is 2.42. The van der Waals surface area contributed by atoms with E-state index < -0.39 is 35.9 Å². The van der Waals surface area contributed by atoms with Crippen molar-refractivity contribution in [1.29, 1.82) is 0 Å². The second kappa shape index (κ2) is 3.96. The van der Waals surface area contributed by atoms with Crippen molar-refractivity contribution in [1.82, 2.24) is 10.2 Å². The van der Waals surface area contributed by atoms with Gasteiger partial charge in [0, 0.05) is 13.0 Å². The number of nitrogens with zero attached hydrogens (tertiary/aromatic N) is 3. The Morgan fingerprint density at radius 3 is 2.56 bits per heavy atom. The number of aliphatic carboxylic acids is 1. The standard InChI is InChI=1S/C8H6F3N3O4/c9-8(10,11)6-12-13-7(18-6)14-2-3(5(16)17)1-4(14)15/h3H,1-2H2,(H,16,17). The zero-order chi connectivity index (χ0) is 13.5. The first kappa shape index (κ1) is 12.3. The van der Waals surface area contributed by atoms with Crippen LogP contribution in [0.3, 0.4) is 0 Å². The van der Waals surface area contributed by atoms with E-state index in [1.165, 1.54) is 0 Å². The zero-order valence-corrected chi connectivity index (χ0v) is 8.64. The molecule has 0 saturated carbocycles. The minimum absolute atomic E-state index is 0.284. The van der Waals surface area contributed by atoms with Crippen LogP contribution in [0, 0.1) is 5.92 Å². The smallest absolute Gasteiger partial charge is 0.470 e. The first-order chi connectivity index (χ1) is 8.29. The fraction of sp³-hybridized carbons (Fsp3) is 0.500. The van der Waals surface area contributed by atoms with Crippen molar-refractivity contribution in [2.24, 2.45) is 5.92 Å². The third-order valence-corrected chi connectivity index (χ3v) is 2.36. The maximum atomic E-state index is 12.2. The van der Waals surface area contributed by atoms with Gasteiger partial charge in [0.05, 0.1) is 5.92 Å². The number of amides is 1. The number of anilines is 1. The van der Waals surface area contributed by atoms with Gasteiger partial charge in [0.15, 0.2) is 0 Å². The van der Waals surface area contributed by atoms with Crippen LogP contribution in [0.25, 0.3) is 0 Å². The van der Waals surface area contributed by atoms with Crippen LogP contribution in [0.15, 0.2) is 4.42 Å². The molecule has 1 aromatic heterocycles. The fourth-order valence-electron chi connectivity index (χ4n) is 1.50. The molecular weight excluding hydrogens is 259 g/mol. The fourth-order valence-corrected chi connectivity index (χ4v) is 1.50. The van der Waals surface area contributed by atoms with Crippen molar-refractivity contribution >= 4 is 17.9 Å². The van der Waals surface area contributed by atoms with Crippen LogP contribution in [0.2, 0.25) is 0 Å². The van der Waals surface area contributed by atoms with Crippen LogP contribution in [-0.2, 0) is 15.8 Å². The molecule has 1 unspecified atom stereocenters. The minimum atomic E-state index is -4.81. The van der Waals surface area contributed by atoms with E-state index in [-0.39, 0.29) is 13.0 Å². The Labute approximate surface area is 97.2 Å². The van der Waals surface area contributed by atoms with E-state index in [9.17, 15) is 22.8 Å². The zero-order valence-electron chi connectivity index (χ0n) is 8.64. The van der Waals surface area contributed by atoms with Gasteiger partial charge < -0.3 is 9.52 Å². The van der Waals surface area contributed by atoms with E-state index in [1.54, 1.807) is 0 Å². The maximum absolute atomic E-state index is 12.2. The number of carboxylic acids is 1. The third kappa shape index (κ3) is 2.13. The Morgan fingerprint density at radius 1 is 1.44 bits per heavy atom. The van der Waals surface area contributed by atoms with Gasteiger partial charge in [-0.05, 0) is 0 Å². The van der Waals surface area contributed by atoms with Gasteiger partial charge in [-0.25, -0.2) is 0 Å². The highest BCUT2D eigenvalue weighted by atomic mass is 19.4. The molecule has 0 aliphatic carbocycles. The molecule has 1 amide bonds. The average molecular weight is 265 g/mol. The lowest BCUT2D eigenvalue weighted by Gasteiger charge is -2.09. The average Bonchev–Trinajstić information content (AvgIpc) is 2.81. The molecule has 1 atom stereocenters.